The highest BCUT2D eigenvalue weighted by Gasteiger charge is 2.41. The molecule has 192 valence electrons. The number of benzene rings is 1. The van der Waals surface area contributed by atoms with E-state index < -0.39 is 41.3 Å². The smallest absolute Gasteiger partial charge is 0.422 e. The summed E-state index contributed by atoms with van der Waals surface area (Å²) in [6, 6.07) is 2.48. The summed E-state index contributed by atoms with van der Waals surface area (Å²) in [5.41, 5.74) is -1.46. The molecule has 1 heterocycles. The van der Waals surface area contributed by atoms with Crippen molar-refractivity contribution in [3.05, 3.63) is 29.1 Å². The van der Waals surface area contributed by atoms with Crippen LogP contribution < -0.4 is 4.74 Å². The molecule has 1 aliphatic carbocycles. The third kappa shape index (κ3) is 6.86. The molecule has 1 aromatic rings. The van der Waals surface area contributed by atoms with Crippen LogP contribution in [-0.4, -0.2) is 31.4 Å². The number of ether oxygens (including phenoxy) is 3. The number of halogens is 4. The zero-order chi connectivity index (χ0) is 24.7. The number of carbonyl (C=O) groups excluding carboxylic acids is 1. The first-order chi connectivity index (χ1) is 16.2. The lowest BCUT2D eigenvalue weighted by molar-refractivity contribution is -0.168. The Morgan fingerprint density at radius 3 is 2.38 bits per heavy atom. The summed E-state index contributed by atoms with van der Waals surface area (Å²) < 4.78 is 71.6. The molecule has 0 spiro atoms. The normalized spacial score (nSPS) is 25.7. The Balaban J connectivity index is 1.52. The van der Waals surface area contributed by atoms with Gasteiger partial charge in [-0.25, -0.2) is 9.18 Å². The van der Waals surface area contributed by atoms with Crippen LogP contribution in [0.15, 0.2) is 12.1 Å². The Morgan fingerprint density at radius 1 is 1.06 bits per heavy atom. The molecule has 1 saturated heterocycles. The lowest BCUT2D eigenvalue weighted by Crippen LogP contribution is -2.36. The van der Waals surface area contributed by atoms with Crippen molar-refractivity contribution in [3.63, 3.8) is 0 Å². The average Bonchev–Trinajstić information content (AvgIpc) is 2.80. The van der Waals surface area contributed by atoms with Crippen molar-refractivity contribution in [2.45, 2.75) is 102 Å². The van der Waals surface area contributed by atoms with Crippen molar-refractivity contribution < 1.29 is 36.6 Å². The molecular weight excluding hydrogens is 452 g/mol. The molecule has 0 aromatic heterocycles. The highest BCUT2D eigenvalue weighted by atomic mass is 19.4. The maximum atomic E-state index is 14.9. The Morgan fingerprint density at radius 2 is 1.79 bits per heavy atom. The maximum Gasteiger partial charge on any atom is 0.422 e. The molecule has 3 rings (SSSR count). The summed E-state index contributed by atoms with van der Waals surface area (Å²) in [5.74, 6) is -2.13. The minimum absolute atomic E-state index is 0.00128. The van der Waals surface area contributed by atoms with Gasteiger partial charge in [-0.1, -0.05) is 38.7 Å². The molecule has 8 heteroatoms. The molecule has 0 radical (unpaired) electrons. The van der Waals surface area contributed by atoms with Crippen LogP contribution in [0.5, 0.6) is 5.75 Å². The van der Waals surface area contributed by atoms with Gasteiger partial charge >= 0.3 is 12.1 Å². The van der Waals surface area contributed by atoms with Crippen LogP contribution in [0.1, 0.15) is 95.1 Å². The van der Waals surface area contributed by atoms with E-state index in [1.165, 1.54) is 31.7 Å². The standard InChI is InChI=1S/C26H36F4O4/c1-3-5-6-7-17-8-11-19(12-9-17)34-25(31)22-14-10-18(16-33-22)20-13-15-21(32-4-2)23(24(20)27)26(28,29)30/h13,15,17-19,22H,3-12,14,16H2,1-2H3. The Hall–Kier alpha value is -1.83. The van der Waals surface area contributed by atoms with Crippen molar-refractivity contribution in [2.75, 3.05) is 13.2 Å². The number of alkyl halides is 3. The second-order valence-electron chi connectivity index (χ2n) is 9.44. The van der Waals surface area contributed by atoms with Crippen molar-refractivity contribution in [1.82, 2.24) is 0 Å². The largest absolute Gasteiger partial charge is 0.493 e. The van der Waals surface area contributed by atoms with Gasteiger partial charge in [0.2, 0.25) is 0 Å². The number of hydrogen-bond donors (Lipinski definition) is 0. The van der Waals surface area contributed by atoms with Gasteiger partial charge < -0.3 is 14.2 Å². The van der Waals surface area contributed by atoms with Crippen LogP contribution in [0.3, 0.4) is 0 Å². The monoisotopic (exact) mass is 488 g/mol. The summed E-state index contributed by atoms with van der Waals surface area (Å²) in [6.07, 6.45) is 3.68. The molecule has 1 aliphatic heterocycles. The Bertz CT molecular complexity index is 795. The summed E-state index contributed by atoms with van der Waals surface area (Å²) in [5, 5.41) is 0. The summed E-state index contributed by atoms with van der Waals surface area (Å²) in [7, 11) is 0. The van der Waals surface area contributed by atoms with Gasteiger partial charge in [0.05, 0.1) is 13.2 Å². The molecule has 0 amide bonds. The molecule has 4 nitrogen and oxygen atoms in total. The second kappa shape index (κ2) is 12.2. The van der Waals surface area contributed by atoms with Gasteiger partial charge in [-0.05, 0) is 63.0 Å². The maximum absolute atomic E-state index is 14.9. The number of unbranched alkanes of at least 4 members (excludes halogenated alkanes) is 2. The molecule has 2 unspecified atom stereocenters. The first-order valence-electron chi connectivity index (χ1n) is 12.6. The molecule has 2 aliphatic rings. The second-order valence-corrected chi connectivity index (χ2v) is 9.44. The van der Waals surface area contributed by atoms with Crippen molar-refractivity contribution >= 4 is 5.97 Å². The average molecular weight is 489 g/mol. The molecular formula is C26H36F4O4. The lowest BCUT2D eigenvalue weighted by atomic mass is 9.84. The van der Waals surface area contributed by atoms with Gasteiger partial charge in [0.25, 0.3) is 0 Å². The molecule has 2 atom stereocenters. The topological polar surface area (TPSA) is 44.8 Å². The fourth-order valence-electron chi connectivity index (χ4n) is 5.07. The number of rotatable bonds is 9. The molecule has 0 bridgehead atoms. The minimum atomic E-state index is -4.87. The number of carbonyl (C=O) groups is 1. The first kappa shape index (κ1) is 26.8. The quantitative estimate of drug-likeness (QED) is 0.210. The van der Waals surface area contributed by atoms with Gasteiger partial charge in [0.1, 0.15) is 23.2 Å². The molecule has 1 aromatic carbocycles. The predicted octanol–water partition coefficient (Wildman–Crippen LogP) is 7.19. The van der Waals surface area contributed by atoms with Crippen molar-refractivity contribution in [3.8, 4) is 5.75 Å². The van der Waals surface area contributed by atoms with Gasteiger partial charge in [0, 0.05) is 5.92 Å². The van der Waals surface area contributed by atoms with Gasteiger partial charge in [-0.15, -0.1) is 0 Å². The lowest BCUT2D eigenvalue weighted by Gasteiger charge is -2.32. The highest BCUT2D eigenvalue weighted by Crippen LogP contribution is 2.42. The third-order valence-corrected chi connectivity index (χ3v) is 6.99. The van der Waals surface area contributed by atoms with E-state index in [9.17, 15) is 22.4 Å². The zero-order valence-corrected chi connectivity index (χ0v) is 20.1. The fourth-order valence-corrected chi connectivity index (χ4v) is 5.07. The van der Waals surface area contributed by atoms with E-state index in [1.807, 2.05) is 0 Å². The van der Waals surface area contributed by atoms with E-state index in [0.29, 0.717) is 12.3 Å². The van der Waals surface area contributed by atoms with Crippen LogP contribution in [0.25, 0.3) is 0 Å². The molecule has 34 heavy (non-hydrogen) atoms. The van der Waals surface area contributed by atoms with E-state index in [1.54, 1.807) is 6.92 Å². The molecule has 2 fully saturated rings. The van der Waals surface area contributed by atoms with Crippen LogP contribution in [0.4, 0.5) is 17.6 Å². The Kier molecular flexibility index (Phi) is 9.63. The number of hydrogen-bond acceptors (Lipinski definition) is 4. The zero-order valence-electron chi connectivity index (χ0n) is 20.1. The van der Waals surface area contributed by atoms with E-state index in [2.05, 4.69) is 6.92 Å². The first-order valence-corrected chi connectivity index (χ1v) is 12.6. The van der Waals surface area contributed by atoms with E-state index in [0.717, 1.165) is 31.7 Å². The Labute approximate surface area is 199 Å². The van der Waals surface area contributed by atoms with E-state index in [-0.39, 0.29) is 31.3 Å². The van der Waals surface area contributed by atoms with Crippen LogP contribution in [0, 0.1) is 11.7 Å². The van der Waals surface area contributed by atoms with Crippen LogP contribution >= 0.6 is 0 Å². The van der Waals surface area contributed by atoms with Crippen LogP contribution in [-0.2, 0) is 20.4 Å². The van der Waals surface area contributed by atoms with E-state index in [4.69, 9.17) is 14.2 Å². The summed E-state index contributed by atoms with van der Waals surface area (Å²) in [6.45, 7) is 3.70. The predicted molar refractivity (Wildman–Crippen MR) is 120 cm³/mol. The van der Waals surface area contributed by atoms with Gasteiger partial charge in [-0.3, -0.25) is 0 Å². The van der Waals surface area contributed by atoms with Crippen molar-refractivity contribution in [2.24, 2.45) is 5.92 Å². The van der Waals surface area contributed by atoms with Gasteiger partial charge in [-0.2, -0.15) is 13.2 Å². The van der Waals surface area contributed by atoms with E-state index >= 15 is 0 Å². The third-order valence-electron chi connectivity index (χ3n) is 6.99. The summed E-state index contributed by atoms with van der Waals surface area (Å²) >= 11 is 0. The van der Waals surface area contributed by atoms with Crippen molar-refractivity contribution in [1.29, 1.82) is 0 Å². The van der Waals surface area contributed by atoms with Crippen LogP contribution in [0.2, 0.25) is 0 Å². The minimum Gasteiger partial charge on any atom is -0.493 e. The SMILES string of the molecule is CCCCCC1CCC(OC(=O)C2CCC(c3ccc(OCC)c(C(F)(F)F)c3F)CO2)CC1. The molecule has 0 N–H and O–H groups in total. The van der Waals surface area contributed by atoms with Gasteiger partial charge in [0.15, 0.2) is 6.10 Å². The summed E-state index contributed by atoms with van der Waals surface area (Å²) in [4.78, 5) is 12.6. The highest BCUT2D eigenvalue weighted by molar-refractivity contribution is 5.75. The fraction of sp³-hybridized carbons (Fsp3) is 0.731. The number of esters is 1. The molecule has 1 saturated carbocycles.